The molecule has 0 saturated heterocycles. The molecule has 0 saturated carbocycles. The molecule has 1 aromatic carbocycles. The molecule has 0 aliphatic rings. The standard InChI is InChI=1S/C16H25N3O3.ClH/c1-18-16(21)13-11-12(22-2)8-9-14(13)19-15(20)7-5-3-4-6-10-17;/h8-9,11H,3-7,10,17H2,1-2H3,(H,18,21)(H,19,20);1H. The van der Waals surface area contributed by atoms with Crippen LogP contribution in [0.1, 0.15) is 42.5 Å². The Morgan fingerprint density at radius 2 is 1.87 bits per heavy atom. The molecule has 0 heterocycles. The Labute approximate surface area is 143 Å². The van der Waals surface area contributed by atoms with Gasteiger partial charge >= 0.3 is 0 Å². The summed E-state index contributed by atoms with van der Waals surface area (Å²) in [6.45, 7) is 0.688. The maximum absolute atomic E-state index is 12.0. The lowest BCUT2D eigenvalue weighted by atomic mass is 10.1. The van der Waals surface area contributed by atoms with Crippen LogP contribution in [0.25, 0.3) is 0 Å². The fourth-order valence-corrected chi connectivity index (χ4v) is 2.08. The van der Waals surface area contributed by atoms with Gasteiger partial charge in [0.05, 0.1) is 18.4 Å². The van der Waals surface area contributed by atoms with E-state index in [0.29, 0.717) is 30.0 Å². The second-order valence-electron chi connectivity index (χ2n) is 4.99. The van der Waals surface area contributed by atoms with Crippen molar-refractivity contribution in [3.05, 3.63) is 23.8 Å². The number of amides is 2. The maximum atomic E-state index is 12.0. The summed E-state index contributed by atoms with van der Waals surface area (Å²) >= 11 is 0. The van der Waals surface area contributed by atoms with Gasteiger partial charge in [0.25, 0.3) is 5.91 Å². The monoisotopic (exact) mass is 343 g/mol. The topological polar surface area (TPSA) is 93.5 Å². The molecule has 0 bridgehead atoms. The Morgan fingerprint density at radius 3 is 2.48 bits per heavy atom. The molecule has 0 unspecified atom stereocenters. The first-order valence-electron chi connectivity index (χ1n) is 7.52. The highest BCUT2D eigenvalue weighted by atomic mass is 35.5. The van der Waals surface area contributed by atoms with Crippen molar-refractivity contribution in [3.8, 4) is 5.75 Å². The van der Waals surface area contributed by atoms with Crippen molar-refractivity contribution < 1.29 is 14.3 Å². The largest absolute Gasteiger partial charge is 0.497 e. The van der Waals surface area contributed by atoms with Gasteiger partial charge in [0.2, 0.25) is 5.91 Å². The quantitative estimate of drug-likeness (QED) is 0.600. The number of ether oxygens (including phenoxy) is 1. The normalized spacial score (nSPS) is 9.70. The fourth-order valence-electron chi connectivity index (χ4n) is 2.08. The Bertz CT molecular complexity index is 509. The summed E-state index contributed by atoms with van der Waals surface area (Å²) < 4.78 is 5.11. The van der Waals surface area contributed by atoms with Crippen LogP contribution in [0.2, 0.25) is 0 Å². The summed E-state index contributed by atoms with van der Waals surface area (Å²) in [6, 6.07) is 4.99. The van der Waals surface area contributed by atoms with Crippen LogP contribution in [0.3, 0.4) is 0 Å². The number of halogens is 1. The maximum Gasteiger partial charge on any atom is 0.253 e. The van der Waals surface area contributed by atoms with Crippen molar-refractivity contribution in [1.29, 1.82) is 0 Å². The molecule has 4 N–H and O–H groups in total. The summed E-state index contributed by atoms with van der Waals surface area (Å²) in [6.07, 6.45) is 4.26. The smallest absolute Gasteiger partial charge is 0.253 e. The Hall–Kier alpha value is -1.79. The van der Waals surface area contributed by atoms with Crippen molar-refractivity contribution in [3.63, 3.8) is 0 Å². The van der Waals surface area contributed by atoms with Gasteiger partial charge in [0.15, 0.2) is 0 Å². The number of rotatable bonds is 9. The minimum atomic E-state index is -0.267. The molecule has 1 aromatic rings. The lowest BCUT2D eigenvalue weighted by molar-refractivity contribution is -0.116. The van der Waals surface area contributed by atoms with Crippen molar-refractivity contribution in [1.82, 2.24) is 5.32 Å². The molecule has 130 valence electrons. The molecule has 1 rings (SSSR count). The fraction of sp³-hybridized carbons (Fsp3) is 0.500. The van der Waals surface area contributed by atoms with E-state index in [-0.39, 0.29) is 24.2 Å². The van der Waals surface area contributed by atoms with Gasteiger partial charge < -0.3 is 21.1 Å². The van der Waals surface area contributed by atoms with Gasteiger partial charge in [-0.2, -0.15) is 0 Å². The molecular weight excluding hydrogens is 318 g/mol. The predicted molar refractivity (Wildman–Crippen MR) is 94.4 cm³/mol. The third kappa shape index (κ3) is 7.34. The average Bonchev–Trinajstić information content (AvgIpc) is 2.54. The second kappa shape index (κ2) is 11.7. The van der Waals surface area contributed by atoms with Crippen LogP contribution in [0.15, 0.2) is 18.2 Å². The number of nitrogens with one attached hydrogen (secondary N) is 2. The van der Waals surface area contributed by atoms with E-state index in [4.69, 9.17) is 10.5 Å². The number of methoxy groups -OCH3 is 1. The number of nitrogens with two attached hydrogens (primary N) is 1. The summed E-state index contributed by atoms with van der Waals surface area (Å²) in [7, 11) is 3.08. The molecule has 0 atom stereocenters. The summed E-state index contributed by atoms with van der Waals surface area (Å²) in [5.41, 5.74) is 6.31. The molecule has 6 nitrogen and oxygen atoms in total. The zero-order chi connectivity index (χ0) is 16.4. The van der Waals surface area contributed by atoms with Crippen LogP contribution in [-0.4, -0.2) is 32.5 Å². The van der Waals surface area contributed by atoms with Gasteiger partial charge in [-0.25, -0.2) is 0 Å². The van der Waals surface area contributed by atoms with E-state index in [1.165, 1.54) is 7.11 Å². The summed E-state index contributed by atoms with van der Waals surface area (Å²) in [5.74, 6) is 0.207. The molecule has 7 heteroatoms. The lowest BCUT2D eigenvalue weighted by Crippen LogP contribution is -2.21. The van der Waals surface area contributed by atoms with Gasteiger partial charge in [-0.05, 0) is 37.6 Å². The van der Waals surface area contributed by atoms with E-state index in [1.54, 1.807) is 25.2 Å². The highest BCUT2D eigenvalue weighted by molar-refractivity contribution is 6.04. The molecule has 0 aliphatic heterocycles. The van der Waals surface area contributed by atoms with E-state index < -0.39 is 0 Å². The lowest BCUT2D eigenvalue weighted by Gasteiger charge is -2.12. The van der Waals surface area contributed by atoms with Crippen LogP contribution in [0.4, 0.5) is 5.69 Å². The molecule has 2 amide bonds. The Balaban J connectivity index is 0.00000484. The van der Waals surface area contributed by atoms with Crippen molar-refractivity contribution >= 4 is 29.9 Å². The van der Waals surface area contributed by atoms with Gasteiger partial charge in [-0.15, -0.1) is 12.4 Å². The molecule has 23 heavy (non-hydrogen) atoms. The van der Waals surface area contributed by atoms with Crippen LogP contribution >= 0.6 is 12.4 Å². The first-order chi connectivity index (χ1) is 10.6. The third-order valence-electron chi connectivity index (χ3n) is 3.33. The molecule has 0 aromatic heterocycles. The van der Waals surface area contributed by atoms with Crippen molar-refractivity contribution in [2.75, 3.05) is 26.0 Å². The van der Waals surface area contributed by atoms with Crippen LogP contribution < -0.4 is 21.1 Å². The van der Waals surface area contributed by atoms with E-state index in [9.17, 15) is 9.59 Å². The molecule has 0 spiro atoms. The van der Waals surface area contributed by atoms with E-state index >= 15 is 0 Å². The minimum Gasteiger partial charge on any atom is -0.497 e. The number of benzene rings is 1. The van der Waals surface area contributed by atoms with Gasteiger partial charge in [0.1, 0.15) is 5.75 Å². The summed E-state index contributed by atoms with van der Waals surface area (Å²) in [5, 5.41) is 5.34. The second-order valence-corrected chi connectivity index (χ2v) is 4.99. The highest BCUT2D eigenvalue weighted by Gasteiger charge is 2.13. The zero-order valence-electron chi connectivity index (χ0n) is 13.7. The first-order valence-corrected chi connectivity index (χ1v) is 7.52. The first kappa shape index (κ1) is 21.2. The van der Waals surface area contributed by atoms with Crippen LogP contribution in [-0.2, 0) is 4.79 Å². The van der Waals surface area contributed by atoms with Crippen LogP contribution in [0, 0.1) is 0 Å². The SMILES string of the molecule is CNC(=O)c1cc(OC)ccc1NC(=O)CCCCCCN.Cl. The molecule has 0 fully saturated rings. The third-order valence-corrected chi connectivity index (χ3v) is 3.33. The average molecular weight is 344 g/mol. The van der Waals surface area contributed by atoms with E-state index in [1.807, 2.05) is 0 Å². The number of hydrogen-bond donors (Lipinski definition) is 3. The van der Waals surface area contributed by atoms with Gasteiger partial charge in [-0.1, -0.05) is 12.8 Å². The highest BCUT2D eigenvalue weighted by Crippen LogP contribution is 2.22. The van der Waals surface area contributed by atoms with E-state index in [0.717, 1.165) is 25.7 Å². The zero-order valence-corrected chi connectivity index (χ0v) is 14.5. The summed E-state index contributed by atoms with van der Waals surface area (Å²) in [4.78, 5) is 23.9. The minimum absolute atomic E-state index is 0. The van der Waals surface area contributed by atoms with Crippen LogP contribution in [0.5, 0.6) is 5.75 Å². The molecule has 0 radical (unpaired) electrons. The molecular formula is C16H26ClN3O3. The molecule has 0 aliphatic carbocycles. The van der Waals surface area contributed by atoms with Gasteiger partial charge in [-0.3, -0.25) is 9.59 Å². The number of carbonyl (C=O) groups is 2. The van der Waals surface area contributed by atoms with Gasteiger partial charge in [0, 0.05) is 13.5 Å². The number of carbonyl (C=O) groups excluding carboxylic acids is 2. The Morgan fingerprint density at radius 1 is 1.17 bits per heavy atom. The number of anilines is 1. The Kier molecular flexibility index (Phi) is 10.8. The van der Waals surface area contributed by atoms with Crippen molar-refractivity contribution in [2.24, 2.45) is 5.73 Å². The number of unbranched alkanes of at least 4 members (excludes halogenated alkanes) is 3. The van der Waals surface area contributed by atoms with E-state index in [2.05, 4.69) is 10.6 Å². The number of hydrogen-bond acceptors (Lipinski definition) is 4. The predicted octanol–water partition coefficient (Wildman–Crippen LogP) is 2.32. The van der Waals surface area contributed by atoms with Crippen molar-refractivity contribution in [2.45, 2.75) is 32.1 Å².